The molecule has 160 valence electrons. The number of amides is 2. The third kappa shape index (κ3) is 4.90. The third-order valence-corrected chi connectivity index (χ3v) is 4.83. The fourth-order valence-corrected chi connectivity index (χ4v) is 3.23. The Bertz CT molecular complexity index is 915. The summed E-state index contributed by atoms with van der Waals surface area (Å²) in [7, 11) is 1.25. The molecule has 0 radical (unpaired) electrons. The smallest absolute Gasteiger partial charge is 0.416 e. The summed E-state index contributed by atoms with van der Waals surface area (Å²) in [5.74, 6) is -0.529. The molecule has 0 aromatic heterocycles. The highest BCUT2D eigenvalue weighted by atomic mass is 19.4. The number of carbonyl (C=O) groups is 2. The molecule has 3 rings (SSSR count). The first-order valence-electron chi connectivity index (χ1n) is 9.24. The van der Waals surface area contributed by atoms with Gasteiger partial charge < -0.3 is 9.64 Å². The second-order valence-corrected chi connectivity index (χ2v) is 6.94. The van der Waals surface area contributed by atoms with Crippen molar-refractivity contribution in [1.29, 1.82) is 0 Å². The van der Waals surface area contributed by atoms with Gasteiger partial charge in [-0.3, -0.25) is 4.90 Å². The van der Waals surface area contributed by atoms with E-state index in [-0.39, 0.29) is 31.7 Å². The molecular formula is C21H20F4N2O3. The summed E-state index contributed by atoms with van der Waals surface area (Å²) >= 11 is 0. The highest BCUT2D eigenvalue weighted by molar-refractivity contribution is 5.92. The van der Waals surface area contributed by atoms with E-state index in [4.69, 9.17) is 0 Å². The summed E-state index contributed by atoms with van der Waals surface area (Å²) in [6.07, 6.45) is -5.53. The lowest BCUT2D eigenvalue weighted by molar-refractivity contribution is -0.137. The molecule has 2 aromatic carbocycles. The maximum absolute atomic E-state index is 13.6. The lowest BCUT2D eigenvalue weighted by atomic mass is 10.1. The minimum atomic E-state index is -4.56. The van der Waals surface area contributed by atoms with Crippen molar-refractivity contribution in [3.05, 3.63) is 65.2 Å². The Morgan fingerprint density at radius 2 is 1.87 bits per heavy atom. The van der Waals surface area contributed by atoms with Gasteiger partial charge >= 0.3 is 18.2 Å². The van der Waals surface area contributed by atoms with Crippen LogP contribution < -0.4 is 4.90 Å². The minimum absolute atomic E-state index is 0.0466. The third-order valence-electron chi connectivity index (χ3n) is 4.83. The summed E-state index contributed by atoms with van der Waals surface area (Å²) in [6, 6.07) is 10.0. The first-order valence-corrected chi connectivity index (χ1v) is 9.24. The number of methoxy groups -OCH3 is 1. The molecule has 2 aromatic rings. The number of carbonyl (C=O) groups excluding carboxylic acids is 2. The van der Waals surface area contributed by atoms with Gasteiger partial charge in [0.1, 0.15) is 6.17 Å². The Kier molecular flexibility index (Phi) is 6.28. The van der Waals surface area contributed by atoms with Crippen LogP contribution in [0.25, 0.3) is 0 Å². The van der Waals surface area contributed by atoms with Gasteiger partial charge in [0.05, 0.1) is 31.3 Å². The van der Waals surface area contributed by atoms with Gasteiger partial charge in [0.2, 0.25) is 0 Å². The largest absolute Gasteiger partial charge is 0.465 e. The molecular weight excluding hydrogens is 404 g/mol. The van der Waals surface area contributed by atoms with Crippen LogP contribution in [0.4, 0.5) is 28.0 Å². The van der Waals surface area contributed by atoms with E-state index in [1.54, 1.807) is 12.1 Å². The Hall–Kier alpha value is -3.10. The fraction of sp³-hybridized carbons (Fsp3) is 0.333. The molecule has 1 heterocycles. The Morgan fingerprint density at radius 1 is 1.17 bits per heavy atom. The lowest BCUT2D eigenvalue weighted by Gasteiger charge is -2.28. The van der Waals surface area contributed by atoms with E-state index < -0.39 is 29.9 Å². The van der Waals surface area contributed by atoms with Crippen molar-refractivity contribution in [1.82, 2.24) is 4.90 Å². The number of halogens is 4. The molecule has 0 N–H and O–H groups in total. The van der Waals surface area contributed by atoms with Gasteiger partial charge in [-0.2, -0.15) is 13.2 Å². The molecule has 1 fully saturated rings. The van der Waals surface area contributed by atoms with Gasteiger partial charge in [-0.25, -0.2) is 14.0 Å². The predicted molar refractivity (Wildman–Crippen MR) is 102 cm³/mol. The number of anilines is 1. The first-order chi connectivity index (χ1) is 14.2. The van der Waals surface area contributed by atoms with Gasteiger partial charge in [0, 0.05) is 12.2 Å². The second-order valence-electron chi connectivity index (χ2n) is 6.94. The highest BCUT2D eigenvalue weighted by Gasteiger charge is 2.33. The summed E-state index contributed by atoms with van der Waals surface area (Å²) in [5, 5.41) is 0. The maximum Gasteiger partial charge on any atom is 0.416 e. The van der Waals surface area contributed by atoms with E-state index in [0.29, 0.717) is 11.1 Å². The van der Waals surface area contributed by atoms with Crippen molar-refractivity contribution in [3.63, 3.8) is 0 Å². The maximum atomic E-state index is 13.6. The number of rotatable bonds is 4. The van der Waals surface area contributed by atoms with Crippen LogP contribution in [-0.2, 0) is 17.5 Å². The first kappa shape index (κ1) is 21.6. The molecule has 0 saturated carbocycles. The molecule has 0 spiro atoms. The summed E-state index contributed by atoms with van der Waals surface area (Å²) in [5.41, 5.74) is 0.0558. The number of ether oxygens (including phenoxy) is 1. The zero-order chi connectivity index (χ0) is 21.9. The minimum Gasteiger partial charge on any atom is -0.465 e. The van der Waals surface area contributed by atoms with Crippen molar-refractivity contribution in [2.24, 2.45) is 0 Å². The molecule has 1 atom stereocenters. The van der Waals surface area contributed by atoms with Gasteiger partial charge in [-0.05, 0) is 42.3 Å². The number of nitrogens with zero attached hydrogens (tertiary/aromatic N) is 2. The summed E-state index contributed by atoms with van der Waals surface area (Å²) in [4.78, 5) is 27.1. The van der Waals surface area contributed by atoms with Gasteiger partial charge in [0.15, 0.2) is 0 Å². The molecule has 9 heteroatoms. The van der Waals surface area contributed by atoms with Crippen LogP contribution in [0.5, 0.6) is 0 Å². The highest BCUT2D eigenvalue weighted by Crippen LogP contribution is 2.32. The van der Waals surface area contributed by atoms with Crippen molar-refractivity contribution in [2.45, 2.75) is 25.3 Å². The molecule has 5 nitrogen and oxygen atoms in total. The van der Waals surface area contributed by atoms with E-state index in [1.165, 1.54) is 41.2 Å². The summed E-state index contributed by atoms with van der Waals surface area (Å²) < 4.78 is 57.7. The van der Waals surface area contributed by atoms with Crippen LogP contribution in [0.15, 0.2) is 48.5 Å². The van der Waals surface area contributed by atoms with Gasteiger partial charge in [0.25, 0.3) is 0 Å². The number of likely N-dealkylation sites (tertiary alicyclic amines) is 1. The van der Waals surface area contributed by atoms with Crippen LogP contribution in [0.2, 0.25) is 0 Å². The molecule has 1 saturated heterocycles. The molecule has 2 amide bonds. The van der Waals surface area contributed by atoms with Crippen molar-refractivity contribution >= 4 is 17.7 Å². The van der Waals surface area contributed by atoms with Crippen LogP contribution >= 0.6 is 0 Å². The standard InChI is InChI=1S/C21H20F4N2O3/c1-30-19(28)15-7-5-14(6-8-15)12-27(20(29)26-10-9-17(22)13-26)18-4-2-3-16(11-18)21(23,24)25/h2-8,11,17H,9-10,12-13H2,1H3/t17-/m1/s1. The second kappa shape index (κ2) is 8.73. The van der Waals surface area contributed by atoms with Crippen molar-refractivity contribution < 1.29 is 31.9 Å². The van der Waals surface area contributed by atoms with E-state index in [9.17, 15) is 27.2 Å². The van der Waals surface area contributed by atoms with Crippen LogP contribution in [0.1, 0.15) is 27.9 Å². The number of alkyl halides is 4. The normalized spacial score (nSPS) is 16.4. The summed E-state index contributed by atoms with van der Waals surface area (Å²) in [6.45, 7) is 0.0430. The van der Waals surface area contributed by atoms with Gasteiger partial charge in [-0.15, -0.1) is 0 Å². The van der Waals surface area contributed by atoms with E-state index in [0.717, 1.165) is 12.1 Å². The topological polar surface area (TPSA) is 49.9 Å². The fourth-order valence-electron chi connectivity index (χ4n) is 3.23. The molecule has 0 aliphatic carbocycles. The van der Waals surface area contributed by atoms with Crippen LogP contribution in [-0.4, -0.2) is 43.3 Å². The van der Waals surface area contributed by atoms with Crippen LogP contribution in [0.3, 0.4) is 0 Å². The zero-order valence-electron chi connectivity index (χ0n) is 16.2. The zero-order valence-corrected chi connectivity index (χ0v) is 16.2. The lowest BCUT2D eigenvalue weighted by Crippen LogP contribution is -2.42. The van der Waals surface area contributed by atoms with Crippen molar-refractivity contribution in [2.75, 3.05) is 25.1 Å². The molecule has 0 bridgehead atoms. The van der Waals surface area contributed by atoms with E-state index >= 15 is 0 Å². The number of hydrogen-bond donors (Lipinski definition) is 0. The molecule has 1 aliphatic heterocycles. The average molecular weight is 424 g/mol. The van der Waals surface area contributed by atoms with Crippen molar-refractivity contribution in [3.8, 4) is 0 Å². The Morgan fingerprint density at radius 3 is 2.43 bits per heavy atom. The quantitative estimate of drug-likeness (QED) is 0.530. The Balaban J connectivity index is 1.92. The molecule has 30 heavy (non-hydrogen) atoms. The SMILES string of the molecule is COC(=O)c1ccc(CN(C(=O)N2CC[C@@H](F)C2)c2cccc(C(F)(F)F)c2)cc1. The number of esters is 1. The monoisotopic (exact) mass is 424 g/mol. The predicted octanol–water partition coefficient (Wildman–Crippen LogP) is 4.66. The molecule has 0 unspecified atom stereocenters. The van der Waals surface area contributed by atoms with E-state index in [2.05, 4.69) is 4.74 Å². The number of urea groups is 1. The molecule has 1 aliphatic rings. The average Bonchev–Trinajstić information content (AvgIpc) is 3.17. The number of hydrogen-bond acceptors (Lipinski definition) is 3. The Labute approximate surface area is 170 Å². The van der Waals surface area contributed by atoms with E-state index in [1.807, 2.05) is 0 Å². The van der Waals surface area contributed by atoms with Crippen LogP contribution in [0, 0.1) is 0 Å². The number of benzene rings is 2. The van der Waals surface area contributed by atoms with Gasteiger partial charge in [-0.1, -0.05) is 18.2 Å².